The van der Waals surface area contributed by atoms with Crippen molar-refractivity contribution in [3.8, 4) is 11.3 Å². The van der Waals surface area contributed by atoms with E-state index in [1.165, 1.54) is 12.0 Å². The van der Waals surface area contributed by atoms with Crippen molar-refractivity contribution < 1.29 is 9.21 Å². The fourth-order valence-electron chi connectivity index (χ4n) is 1.99. The molecule has 0 bridgehead atoms. The molecule has 0 aliphatic heterocycles. The zero-order chi connectivity index (χ0) is 14.5. The standard InChI is InChI=1S/C16H14N2O2S/c19-16(6-1-12-7-8-21-10-12)18-14-4-2-13(3-5-14)15-9-17-11-20-15/h2-5,7-11H,1,6H2,(H,18,19). The third-order valence-electron chi connectivity index (χ3n) is 3.11. The van der Waals surface area contributed by atoms with E-state index in [0.29, 0.717) is 12.2 Å². The molecule has 3 aromatic rings. The minimum atomic E-state index is 0.0219. The van der Waals surface area contributed by atoms with Crippen molar-refractivity contribution >= 4 is 22.9 Å². The first kappa shape index (κ1) is 13.6. The fraction of sp³-hybridized carbons (Fsp3) is 0.125. The lowest BCUT2D eigenvalue weighted by Gasteiger charge is -2.05. The second-order valence-electron chi connectivity index (χ2n) is 4.62. The van der Waals surface area contributed by atoms with E-state index in [1.807, 2.05) is 35.7 Å². The predicted octanol–water partition coefficient (Wildman–Crippen LogP) is 3.97. The SMILES string of the molecule is O=C(CCc1ccsc1)Nc1ccc(-c2cnco2)cc1. The number of thiophene rings is 1. The smallest absolute Gasteiger partial charge is 0.224 e. The van der Waals surface area contributed by atoms with Gasteiger partial charge in [-0.2, -0.15) is 11.3 Å². The van der Waals surface area contributed by atoms with E-state index < -0.39 is 0 Å². The first-order valence-corrected chi connectivity index (χ1v) is 7.55. The number of amides is 1. The van der Waals surface area contributed by atoms with E-state index in [2.05, 4.69) is 15.7 Å². The van der Waals surface area contributed by atoms with E-state index in [0.717, 1.165) is 17.7 Å². The highest BCUT2D eigenvalue weighted by Gasteiger charge is 2.05. The number of hydrogen-bond acceptors (Lipinski definition) is 4. The Balaban J connectivity index is 1.56. The van der Waals surface area contributed by atoms with Crippen molar-refractivity contribution in [2.45, 2.75) is 12.8 Å². The zero-order valence-electron chi connectivity index (χ0n) is 11.3. The molecule has 3 rings (SSSR count). The predicted molar refractivity (Wildman–Crippen MR) is 83.2 cm³/mol. The van der Waals surface area contributed by atoms with Crippen LogP contribution in [0.4, 0.5) is 5.69 Å². The number of carbonyl (C=O) groups excluding carboxylic acids is 1. The maximum absolute atomic E-state index is 11.9. The van der Waals surface area contributed by atoms with E-state index in [9.17, 15) is 4.79 Å². The number of aromatic nitrogens is 1. The van der Waals surface area contributed by atoms with Gasteiger partial charge in [0.05, 0.1) is 6.20 Å². The van der Waals surface area contributed by atoms with Crippen molar-refractivity contribution in [3.05, 3.63) is 59.2 Å². The Kier molecular flexibility index (Phi) is 4.12. The van der Waals surface area contributed by atoms with Crippen molar-refractivity contribution in [2.24, 2.45) is 0 Å². The van der Waals surface area contributed by atoms with Gasteiger partial charge in [-0.25, -0.2) is 4.98 Å². The number of rotatable bonds is 5. The monoisotopic (exact) mass is 298 g/mol. The van der Waals surface area contributed by atoms with Crippen molar-refractivity contribution in [2.75, 3.05) is 5.32 Å². The third-order valence-corrected chi connectivity index (χ3v) is 3.84. The molecule has 0 saturated carbocycles. The normalized spacial score (nSPS) is 10.5. The summed E-state index contributed by atoms with van der Waals surface area (Å²) in [6.45, 7) is 0. The molecule has 0 aliphatic carbocycles. The molecule has 0 saturated heterocycles. The molecule has 0 atom stereocenters. The Hall–Kier alpha value is -2.40. The maximum Gasteiger partial charge on any atom is 0.224 e. The van der Waals surface area contributed by atoms with Crippen LogP contribution in [0.1, 0.15) is 12.0 Å². The minimum absolute atomic E-state index is 0.0219. The number of nitrogens with one attached hydrogen (secondary N) is 1. The molecule has 4 nitrogen and oxygen atoms in total. The Labute approximate surface area is 126 Å². The Bertz CT molecular complexity index is 688. The van der Waals surface area contributed by atoms with Gasteiger partial charge in [-0.3, -0.25) is 4.79 Å². The molecule has 106 valence electrons. The summed E-state index contributed by atoms with van der Waals surface area (Å²) in [5.41, 5.74) is 2.92. The molecule has 0 spiro atoms. The zero-order valence-corrected chi connectivity index (χ0v) is 12.1. The molecule has 1 N–H and O–H groups in total. The number of nitrogens with zero attached hydrogens (tertiary/aromatic N) is 1. The number of hydrogen-bond donors (Lipinski definition) is 1. The molecule has 0 unspecified atom stereocenters. The van der Waals surface area contributed by atoms with Gasteiger partial charge in [0.2, 0.25) is 5.91 Å². The molecule has 5 heteroatoms. The molecule has 21 heavy (non-hydrogen) atoms. The summed E-state index contributed by atoms with van der Waals surface area (Å²) in [4.78, 5) is 15.8. The van der Waals surface area contributed by atoms with Gasteiger partial charge < -0.3 is 9.73 Å². The highest BCUT2D eigenvalue weighted by molar-refractivity contribution is 7.07. The van der Waals surface area contributed by atoms with Crippen LogP contribution in [-0.2, 0) is 11.2 Å². The van der Waals surface area contributed by atoms with Gasteiger partial charge in [0.1, 0.15) is 0 Å². The average Bonchev–Trinajstić information content (AvgIpc) is 3.19. The Morgan fingerprint density at radius 3 is 2.76 bits per heavy atom. The van der Waals surface area contributed by atoms with Crippen LogP contribution in [-0.4, -0.2) is 10.9 Å². The van der Waals surface area contributed by atoms with Gasteiger partial charge in [-0.1, -0.05) is 0 Å². The van der Waals surface area contributed by atoms with Gasteiger partial charge >= 0.3 is 0 Å². The van der Waals surface area contributed by atoms with Gasteiger partial charge in [0, 0.05) is 17.7 Å². The summed E-state index contributed by atoms with van der Waals surface area (Å²) in [6, 6.07) is 9.56. The van der Waals surface area contributed by atoms with E-state index in [4.69, 9.17) is 4.42 Å². The van der Waals surface area contributed by atoms with Crippen molar-refractivity contribution in [1.82, 2.24) is 4.98 Å². The van der Waals surface area contributed by atoms with E-state index >= 15 is 0 Å². The molecule has 2 aromatic heterocycles. The van der Waals surface area contributed by atoms with E-state index in [1.54, 1.807) is 17.5 Å². The second-order valence-corrected chi connectivity index (χ2v) is 5.40. The maximum atomic E-state index is 11.9. The molecule has 0 fully saturated rings. The Morgan fingerprint density at radius 2 is 2.10 bits per heavy atom. The Morgan fingerprint density at radius 1 is 1.24 bits per heavy atom. The lowest BCUT2D eigenvalue weighted by atomic mass is 10.1. The number of anilines is 1. The number of aryl methyl sites for hydroxylation is 1. The molecule has 1 amide bonds. The molecule has 1 aromatic carbocycles. The topological polar surface area (TPSA) is 55.1 Å². The van der Waals surface area contributed by atoms with Crippen LogP contribution in [0.5, 0.6) is 0 Å². The van der Waals surface area contributed by atoms with Gasteiger partial charge in [0.15, 0.2) is 12.2 Å². The van der Waals surface area contributed by atoms with Crippen molar-refractivity contribution in [3.63, 3.8) is 0 Å². The average molecular weight is 298 g/mol. The molecular formula is C16H14N2O2S. The lowest BCUT2D eigenvalue weighted by molar-refractivity contribution is -0.116. The van der Waals surface area contributed by atoms with Crippen molar-refractivity contribution in [1.29, 1.82) is 0 Å². The summed E-state index contributed by atoms with van der Waals surface area (Å²) < 4.78 is 5.22. The minimum Gasteiger partial charge on any atom is -0.444 e. The largest absolute Gasteiger partial charge is 0.444 e. The summed E-state index contributed by atoms with van der Waals surface area (Å²) in [5, 5.41) is 6.99. The third kappa shape index (κ3) is 3.58. The first-order valence-electron chi connectivity index (χ1n) is 6.61. The van der Waals surface area contributed by atoms with Gasteiger partial charge in [-0.05, 0) is 53.1 Å². The van der Waals surface area contributed by atoms with Crippen LogP contribution in [0, 0.1) is 0 Å². The van der Waals surface area contributed by atoms with Crippen LogP contribution in [0.3, 0.4) is 0 Å². The molecule has 0 radical (unpaired) electrons. The highest BCUT2D eigenvalue weighted by Crippen LogP contribution is 2.20. The highest BCUT2D eigenvalue weighted by atomic mass is 32.1. The van der Waals surface area contributed by atoms with Gasteiger partial charge in [-0.15, -0.1) is 0 Å². The summed E-state index contributed by atoms with van der Waals surface area (Å²) in [7, 11) is 0. The summed E-state index contributed by atoms with van der Waals surface area (Å²) >= 11 is 1.65. The molecular weight excluding hydrogens is 284 g/mol. The second kappa shape index (κ2) is 6.37. The summed E-state index contributed by atoms with van der Waals surface area (Å²) in [5.74, 6) is 0.735. The van der Waals surface area contributed by atoms with Crippen LogP contribution in [0.2, 0.25) is 0 Å². The number of benzene rings is 1. The first-order chi connectivity index (χ1) is 10.3. The van der Waals surface area contributed by atoms with E-state index in [-0.39, 0.29) is 5.91 Å². The number of oxazole rings is 1. The quantitative estimate of drug-likeness (QED) is 0.775. The fourth-order valence-corrected chi connectivity index (χ4v) is 2.70. The number of carbonyl (C=O) groups is 1. The molecule has 2 heterocycles. The van der Waals surface area contributed by atoms with Crippen LogP contribution in [0.15, 0.2) is 58.1 Å². The van der Waals surface area contributed by atoms with Crippen LogP contribution >= 0.6 is 11.3 Å². The van der Waals surface area contributed by atoms with Crippen LogP contribution in [0.25, 0.3) is 11.3 Å². The van der Waals surface area contributed by atoms with Gasteiger partial charge in [0.25, 0.3) is 0 Å². The lowest BCUT2D eigenvalue weighted by Crippen LogP contribution is -2.12. The summed E-state index contributed by atoms with van der Waals surface area (Å²) in [6.07, 6.45) is 4.32. The molecule has 0 aliphatic rings. The van der Waals surface area contributed by atoms with Crippen LogP contribution < -0.4 is 5.32 Å².